The fourth-order valence-electron chi connectivity index (χ4n) is 2.69. The van der Waals surface area contributed by atoms with Crippen molar-refractivity contribution in [3.05, 3.63) is 60.4 Å². The van der Waals surface area contributed by atoms with Crippen LogP contribution in [0.3, 0.4) is 0 Å². The maximum absolute atomic E-state index is 12.2. The van der Waals surface area contributed by atoms with Crippen molar-refractivity contribution in [2.75, 3.05) is 13.2 Å². The Labute approximate surface area is 158 Å². The van der Waals surface area contributed by atoms with Crippen molar-refractivity contribution >= 4 is 16.7 Å². The van der Waals surface area contributed by atoms with Gasteiger partial charge in [-0.1, -0.05) is 36.4 Å². The Morgan fingerprint density at radius 2 is 1.96 bits per heavy atom. The molecule has 0 bridgehead atoms. The van der Waals surface area contributed by atoms with Gasteiger partial charge in [0.2, 0.25) is 0 Å². The number of hydrogen-bond donors (Lipinski definition) is 2. The van der Waals surface area contributed by atoms with Crippen LogP contribution >= 0.6 is 0 Å². The Balaban J connectivity index is 1.53. The normalized spacial score (nSPS) is 12.7. The fourth-order valence-corrected chi connectivity index (χ4v) is 2.69. The SMILES string of the molecule is CC(C)(C)n1cc(C(=O)NC[C@@H](O)COc2cccc3ccccc23)cn1. The second-order valence-corrected chi connectivity index (χ2v) is 7.50. The molecule has 1 aromatic heterocycles. The van der Waals surface area contributed by atoms with Gasteiger partial charge < -0.3 is 15.2 Å². The number of fused-ring (bicyclic) bond motifs is 1. The van der Waals surface area contributed by atoms with Crippen molar-refractivity contribution in [1.82, 2.24) is 15.1 Å². The molecule has 1 atom stereocenters. The Hall–Kier alpha value is -2.86. The third-order valence-corrected chi connectivity index (χ3v) is 4.21. The highest BCUT2D eigenvalue weighted by molar-refractivity contribution is 5.93. The van der Waals surface area contributed by atoms with E-state index in [-0.39, 0.29) is 24.6 Å². The highest BCUT2D eigenvalue weighted by atomic mass is 16.5. The van der Waals surface area contributed by atoms with E-state index in [0.29, 0.717) is 11.3 Å². The average molecular weight is 367 g/mol. The zero-order chi connectivity index (χ0) is 19.4. The molecule has 3 rings (SSSR count). The second kappa shape index (κ2) is 7.80. The minimum absolute atomic E-state index is 0.0928. The number of rotatable bonds is 6. The van der Waals surface area contributed by atoms with Crippen LogP contribution in [0.1, 0.15) is 31.1 Å². The van der Waals surface area contributed by atoms with E-state index >= 15 is 0 Å². The van der Waals surface area contributed by atoms with Gasteiger partial charge in [-0.2, -0.15) is 5.10 Å². The molecule has 27 heavy (non-hydrogen) atoms. The minimum Gasteiger partial charge on any atom is -0.490 e. The zero-order valence-electron chi connectivity index (χ0n) is 15.8. The summed E-state index contributed by atoms with van der Waals surface area (Å²) >= 11 is 0. The van der Waals surface area contributed by atoms with Gasteiger partial charge in [0.25, 0.3) is 5.91 Å². The third kappa shape index (κ3) is 4.65. The number of aliphatic hydroxyl groups excluding tert-OH is 1. The lowest BCUT2D eigenvalue weighted by molar-refractivity contribution is 0.0845. The van der Waals surface area contributed by atoms with Crippen LogP contribution in [0.15, 0.2) is 54.9 Å². The van der Waals surface area contributed by atoms with E-state index in [4.69, 9.17) is 4.74 Å². The van der Waals surface area contributed by atoms with Crippen molar-refractivity contribution in [1.29, 1.82) is 0 Å². The van der Waals surface area contributed by atoms with Gasteiger partial charge in [-0.15, -0.1) is 0 Å². The smallest absolute Gasteiger partial charge is 0.254 e. The monoisotopic (exact) mass is 367 g/mol. The summed E-state index contributed by atoms with van der Waals surface area (Å²) in [5.41, 5.74) is 0.275. The molecule has 0 aliphatic heterocycles. The van der Waals surface area contributed by atoms with Gasteiger partial charge in [-0.05, 0) is 32.2 Å². The van der Waals surface area contributed by atoms with Crippen LogP contribution in [0.25, 0.3) is 10.8 Å². The van der Waals surface area contributed by atoms with E-state index in [9.17, 15) is 9.90 Å². The summed E-state index contributed by atoms with van der Waals surface area (Å²) in [6.07, 6.45) is 2.42. The molecule has 0 saturated carbocycles. The molecular weight excluding hydrogens is 342 g/mol. The number of aliphatic hydroxyl groups is 1. The fraction of sp³-hybridized carbons (Fsp3) is 0.333. The largest absolute Gasteiger partial charge is 0.490 e. The molecule has 2 N–H and O–H groups in total. The minimum atomic E-state index is -0.814. The summed E-state index contributed by atoms with van der Waals surface area (Å²) in [5.74, 6) is 0.444. The van der Waals surface area contributed by atoms with Crippen molar-refractivity contribution in [2.45, 2.75) is 32.4 Å². The maximum Gasteiger partial charge on any atom is 0.254 e. The molecule has 0 unspecified atom stereocenters. The first kappa shape index (κ1) is 18.9. The van der Waals surface area contributed by atoms with E-state index in [1.807, 2.05) is 63.2 Å². The molecule has 0 aliphatic rings. The number of carbonyl (C=O) groups excluding carboxylic acids is 1. The lowest BCUT2D eigenvalue weighted by Crippen LogP contribution is -2.35. The molecule has 1 heterocycles. The Morgan fingerprint density at radius 3 is 2.70 bits per heavy atom. The number of carbonyl (C=O) groups is 1. The van der Waals surface area contributed by atoms with E-state index < -0.39 is 6.10 Å². The summed E-state index contributed by atoms with van der Waals surface area (Å²) in [4.78, 5) is 12.2. The van der Waals surface area contributed by atoms with E-state index in [1.165, 1.54) is 6.20 Å². The summed E-state index contributed by atoms with van der Waals surface area (Å²) < 4.78 is 7.49. The van der Waals surface area contributed by atoms with Gasteiger partial charge in [0, 0.05) is 18.1 Å². The van der Waals surface area contributed by atoms with E-state index in [1.54, 1.807) is 10.9 Å². The van der Waals surface area contributed by atoms with Gasteiger partial charge in [0.15, 0.2) is 0 Å². The van der Waals surface area contributed by atoms with Crippen LogP contribution in [0.5, 0.6) is 5.75 Å². The Morgan fingerprint density at radius 1 is 1.22 bits per heavy atom. The molecule has 0 aliphatic carbocycles. The molecule has 0 fully saturated rings. The number of amides is 1. The van der Waals surface area contributed by atoms with Crippen molar-refractivity contribution in [2.24, 2.45) is 0 Å². The molecule has 142 valence electrons. The van der Waals surface area contributed by atoms with Gasteiger partial charge in [-0.3, -0.25) is 9.48 Å². The van der Waals surface area contributed by atoms with Crippen LogP contribution in [0.2, 0.25) is 0 Å². The highest BCUT2D eigenvalue weighted by Gasteiger charge is 2.17. The number of nitrogens with zero attached hydrogens (tertiary/aromatic N) is 2. The molecule has 6 heteroatoms. The molecule has 6 nitrogen and oxygen atoms in total. The summed E-state index contributed by atoms with van der Waals surface area (Å²) in [5, 5.41) is 19.1. The van der Waals surface area contributed by atoms with Crippen LogP contribution in [0, 0.1) is 0 Å². The van der Waals surface area contributed by atoms with Gasteiger partial charge in [0.1, 0.15) is 18.5 Å². The predicted molar refractivity (Wildman–Crippen MR) is 105 cm³/mol. The molecule has 2 aromatic carbocycles. The third-order valence-electron chi connectivity index (χ3n) is 4.21. The topological polar surface area (TPSA) is 76.4 Å². The second-order valence-electron chi connectivity index (χ2n) is 7.50. The van der Waals surface area contributed by atoms with Crippen LogP contribution in [-0.2, 0) is 5.54 Å². The summed E-state index contributed by atoms with van der Waals surface area (Å²) in [6.45, 7) is 6.22. The van der Waals surface area contributed by atoms with Crippen molar-refractivity contribution < 1.29 is 14.6 Å². The van der Waals surface area contributed by atoms with Crippen molar-refractivity contribution in [3.8, 4) is 5.75 Å². The average Bonchev–Trinajstić information content (AvgIpc) is 3.15. The first-order valence-corrected chi connectivity index (χ1v) is 8.96. The predicted octanol–water partition coefficient (Wildman–Crippen LogP) is 2.96. The number of hydrogen-bond acceptors (Lipinski definition) is 4. The number of aromatic nitrogens is 2. The van der Waals surface area contributed by atoms with Gasteiger partial charge in [-0.25, -0.2) is 0 Å². The van der Waals surface area contributed by atoms with Crippen LogP contribution < -0.4 is 10.1 Å². The van der Waals surface area contributed by atoms with E-state index in [2.05, 4.69) is 10.4 Å². The molecule has 3 aromatic rings. The standard InChI is InChI=1S/C21H25N3O3/c1-21(2,3)24-13-16(11-23-24)20(26)22-12-17(25)14-27-19-10-6-8-15-7-4-5-9-18(15)19/h4-11,13,17,25H,12,14H2,1-3H3,(H,22,26)/t17-/m1/s1. The zero-order valence-corrected chi connectivity index (χ0v) is 15.8. The van der Waals surface area contributed by atoms with E-state index in [0.717, 1.165) is 10.8 Å². The Kier molecular flexibility index (Phi) is 5.46. The van der Waals surface area contributed by atoms with Gasteiger partial charge >= 0.3 is 0 Å². The number of ether oxygens (including phenoxy) is 1. The molecule has 1 amide bonds. The Bertz CT molecular complexity index is 922. The van der Waals surface area contributed by atoms with Crippen LogP contribution in [0.4, 0.5) is 0 Å². The molecular formula is C21H25N3O3. The molecule has 0 saturated heterocycles. The molecule has 0 spiro atoms. The number of nitrogens with one attached hydrogen (secondary N) is 1. The maximum atomic E-state index is 12.2. The summed E-state index contributed by atoms with van der Waals surface area (Å²) in [6, 6.07) is 13.7. The quantitative estimate of drug-likeness (QED) is 0.702. The van der Waals surface area contributed by atoms with Crippen molar-refractivity contribution in [3.63, 3.8) is 0 Å². The van der Waals surface area contributed by atoms with Gasteiger partial charge in [0.05, 0.1) is 17.3 Å². The lowest BCUT2D eigenvalue weighted by Gasteiger charge is -2.18. The van der Waals surface area contributed by atoms with Crippen LogP contribution in [-0.4, -0.2) is 40.0 Å². The highest BCUT2D eigenvalue weighted by Crippen LogP contribution is 2.25. The first-order valence-electron chi connectivity index (χ1n) is 8.96. The number of benzene rings is 2. The molecule has 0 radical (unpaired) electrons. The first-order chi connectivity index (χ1) is 12.8. The summed E-state index contributed by atoms with van der Waals surface area (Å²) in [7, 11) is 0. The lowest BCUT2D eigenvalue weighted by atomic mass is 10.1.